The molecule has 1 atom stereocenters. The molecule has 0 aromatic heterocycles. The van der Waals surface area contributed by atoms with Crippen LogP contribution in [-0.4, -0.2) is 61.7 Å². The highest BCUT2D eigenvalue weighted by atomic mass is 19.4. The molecule has 1 unspecified atom stereocenters. The predicted octanol–water partition coefficient (Wildman–Crippen LogP) is 2.97. The first-order valence-corrected chi connectivity index (χ1v) is 8.70. The first kappa shape index (κ1) is 19.6. The number of likely N-dealkylation sites (tertiary alicyclic amines) is 1. The van der Waals surface area contributed by atoms with E-state index in [-0.39, 0.29) is 5.92 Å². The van der Waals surface area contributed by atoms with Crippen molar-refractivity contribution in [2.75, 3.05) is 39.8 Å². The van der Waals surface area contributed by atoms with E-state index in [1.165, 1.54) is 10.5 Å². The van der Waals surface area contributed by atoms with Crippen LogP contribution in [0.2, 0.25) is 0 Å². The average Bonchev–Trinajstić information content (AvgIpc) is 2.97. The minimum absolute atomic E-state index is 0.182. The molecule has 0 spiro atoms. The van der Waals surface area contributed by atoms with Crippen molar-refractivity contribution in [1.29, 1.82) is 0 Å². The number of nitrogens with zero attached hydrogens (tertiary/aromatic N) is 3. The fourth-order valence-corrected chi connectivity index (χ4v) is 3.08. The van der Waals surface area contributed by atoms with Crippen LogP contribution < -0.4 is 5.32 Å². The molecule has 4 nitrogen and oxygen atoms in total. The average molecular weight is 356 g/mol. The first-order chi connectivity index (χ1) is 11.9. The summed E-state index contributed by atoms with van der Waals surface area (Å²) in [7, 11) is 1.97. The lowest BCUT2D eigenvalue weighted by atomic mass is 10.1. The van der Waals surface area contributed by atoms with Crippen molar-refractivity contribution >= 4 is 5.96 Å². The van der Waals surface area contributed by atoms with Gasteiger partial charge < -0.3 is 10.2 Å². The lowest BCUT2D eigenvalue weighted by Gasteiger charge is -2.23. The second-order valence-electron chi connectivity index (χ2n) is 6.54. The molecule has 25 heavy (non-hydrogen) atoms. The zero-order chi connectivity index (χ0) is 18.3. The normalized spacial score (nSPS) is 19.2. The molecule has 1 aromatic rings. The second kappa shape index (κ2) is 9.08. The van der Waals surface area contributed by atoms with Crippen LogP contribution in [0.25, 0.3) is 0 Å². The van der Waals surface area contributed by atoms with Gasteiger partial charge in [0.15, 0.2) is 5.96 Å². The van der Waals surface area contributed by atoms with Gasteiger partial charge in [-0.2, -0.15) is 13.2 Å². The van der Waals surface area contributed by atoms with E-state index in [1.807, 2.05) is 37.1 Å². The number of hydrogen-bond donors (Lipinski definition) is 1. The lowest BCUT2D eigenvalue weighted by Crippen LogP contribution is -2.39. The lowest BCUT2D eigenvalue weighted by molar-refractivity contribution is -0.143. The van der Waals surface area contributed by atoms with Crippen LogP contribution in [0.4, 0.5) is 13.2 Å². The largest absolute Gasteiger partial charge is 0.401 e. The maximum absolute atomic E-state index is 12.5. The molecule has 0 radical (unpaired) electrons. The molecule has 1 aliphatic heterocycles. The molecule has 1 heterocycles. The molecular weight excluding hydrogens is 329 g/mol. The number of halogens is 3. The van der Waals surface area contributed by atoms with Crippen LogP contribution >= 0.6 is 0 Å². The van der Waals surface area contributed by atoms with E-state index in [9.17, 15) is 13.2 Å². The molecule has 2 rings (SSSR count). The van der Waals surface area contributed by atoms with Crippen LogP contribution in [0.3, 0.4) is 0 Å². The number of hydrogen-bond acceptors (Lipinski definition) is 2. The van der Waals surface area contributed by atoms with Gasteiger partial charge in [-0.05, 0) is 31.4 Å². The van der Waals surface area contributed by atoms with Gasteiger partial charge in [-0.3, -0.25) is 9.89 Å². The Morgan fingerprint density at radius 1 is 1.32 bits per heavy atom. The highest BCUT2D eigenvalue weighted by Crippen LogP contribution is 2.22. The molecule has 1 aromatic carbocycles. The summed E-state index contributed by atoms with van der Waals surface area (Å²) >= 11 is 0. The van der Waals surface area contributed by atoms with Gasteiger partial charge in [0.1, 0.15) is 0 Å². The number of rotatable bonds is 6. The van der Waals surface area contributed by atoms with Gasteiger partial charge in [-0.1, -0.05) is 30.3 Å². The summed E-state index contributed by atoms with van der Waals surface area (Å²) in [6, 6.07) is 10.1. The third-order valence-electron chi connectivity index (χ3n) is 4.23. The number of benzene rings is 1. The van der Waals surface area contributed by atoms with Crippen molar-refractivity contribution in [3.05, 3.63) is 35.9 Å². The van der Waals surface area contributed by atoms with Crippen molar-refractivity contribution in [2.24, 2.45) is 10.9 Å². The highest BCUT2D eigenvalue weighted by molar-refractivity contribution is 5.79. The van der Waals surface area contributed by atoms with E-state index in [1.54, 1.807) is 0 Å². The predicted molar refractivity (Wildman–Crippen MR) is 94.5 cm³/mol. The molecule has 0 bridgehead atoms. The quantitative estimate of drug-likeness (QED) is 0.628. The van der Waals surface area contributed by atoms with Gasteiger partial charge in [-0.25, -0.2) is 0 Å². The van der Waals surface area contributed by atoms with E-state index in [4.69, 9.17) is 0 Å². The third-order valence-corrected chi connectivity index (χ3v) is 4.23. The van der Waals surface area contributed by atoms with Gasteiger partial charge in [0.05, 0.1) is 6.54 Å². The molecule has 0 amide bonds. The monoisotopic (exact) mass is 356 g/mol. The van der Waals surface area contributed by atoms with Gasteiger partial charge in [-0.15, -0.1) is 0 Å². The number of aliphatic imine (C=N–C) groups is 1. The Morgan fingerprint density at radius 2 is 2.04 bits per heavy atom. The van der Waals surface area contributed by atoms with Crippen LogP contribution in [0, 0.1) is 5.92 Å². The smallest absolute Gasteiger partial charge is 0.357 e. The standard InChI is InChI=1S/C18H27F3N4/c1-3-22-17(24(2)12-15-7-5-4-6-8-15)23-11-16-9-10-25(13-16)14-18(19,20)21/h4-8,16H,3,9-14H2,1-2H3,(H,22,23). The van der Waals surface area contributed by atoms with E-state index in [0.29, 0.717) is 19.6 Å². The van der Waals surface area contributed by atoms with Crippen molar-refractivity contribution < 1.29 is 13.2 Å². The minimum atomic E-state index is -4.12. The maximum Gasteiger partial charge on any atom is 0.401 e. The Labute approximate surface area is 147 Å². The zero-order valence-corrected chi connectivity index (χ0v) is 14.9. The van der Waals surface area contributed by atoms with Crippen molar-refractivity contribution in [2.45, 2.75) is 26.1 Å². The van der Waals surface area contributed by atoms with E-state index in [0.717, 1.165) is 25.5 Å². The molecule has 0 aliphatic carbocycles. The van der Waals surface area contributed by atoms with Gasteiger partial charge in [0, 0.05) is 33.2 Å². The molecule has 1 N–H and O–H groups in total. The molecule has 140 valence electrons. The van der Waals surface area contributed by atoms with E-state index >= 15 is 0 Å². The number of nitrogens with one attached hydrogen (secondary N) is 1. The molecule has 1 aliphatic rings. The SMILES string of the molecule is CCNC(=NCC1CCN(CC(F)(F)F)C1)N(C)Cc1ccccc1. The number of alkyl halides is 3. The Balaban J connectivity index is 1.89. The summed E-state index contributed by atoms with van der Waals surface area (Å²) in [6.45, 7) is 4.19. The minimum Gasteiger partial charge on any atom is -0.357 e. The molecule has 1 saturated heterocycles. The van der Waals surface area contributed by atoms with Crippen molar-refractivity contribution in [3.8, 4) is 0 Å². The summed E-state index contributed by atoms with van der Waals surface area (Å²) in [5.41, 5.74) is 1.19. The molecule has 0 saturated carbocycles. The van der Waals surface area contributed by atoms with Crippen LogP contribution in [-0.2, 0) is 6.54 Å². The third kappa shape index (κ3) is 6.94. The number of guanidine groups is 1. The van der Waals surface area contributed by atoms with Gasteiger partial charge in [0.2, 0.25) is 0 Å². The first-order valence-electron chi connectivity index (χ1n) is 8.70. The Morgan fingerprint density at radius 3 is 2.68 bits per heavy atom. The van der Waals surface area contributed by atoms with E-state index < -0.39 is 12.7 Å². The summed E-state index contributed by atoms with van der Waals surface area (Å²) in [6.07, 6.45) is -3.36. The van der Waals surface area contributed by atoms with Crippen molar-refractivity contribution in [3.63, 3.8) is 0 Å². The highest BCUT2D eigenvalue weighted by Gasteiger charge is 2.34. The van der Waals surface area contributed by atoms with Gasteiger partial charge in [0.25, 0.3) is 0 Å². The summed E-state index contributed by atoms with van der Waals surface area (Å²) in [4.78, 5) is 8.16. The maximum atomic E-state index is 12.5. The Bertz CT molecular complexity index is 545. The van der Waals surface area contributed by atoms with Crippen LogP contribution in [0.15, 0.2) is 35.3 Å². The Kier molecular flexibility index (Phi) is 7.11. The van der Waals surface area contributed by atoms with Gasteiger partial charge >= 0.3 is 6.18 Å². The van der Waals surface area contributed by atoms with Crippen LogP contribution in [0.1, 0.15) is 18.9 Å². The fourth-order valence-electron chi connectivity index (χ4n) is 3.08. The molecule has 7 heteroatoms. The van der Waals surface area contributed by atoms with E-state index in [2.05, 4.69) is 22.4 Å². The topological polar surface area (TPSA) is 30.9 Å². The van der Waals surface area contributed by atoms with Crippen LogP contribution in [0.5, 0.6) is 0 Å². The summed E-state index contributed by atoms with van der Waals surface area (Å²) in [5.74, 6) is 0.974. The molecular formula is C18H27F3N4. The molecule has 1 fully saturated rings. The fraction of sp³-hybridized carbons (Fsp3) is 0.611. The summed E-state index contributed by atoms with van der Waals surface area (Å²) < 4.78 is 37.4. The second-order valence-corrected chi connectivity index (χ2v) is 6.54. The van der Waals surface area contributed by atoms with Crippen molar-refractivity contribution in [1.82, 2.24) is 15.1 Å². The summed E-state index contributed by atoms with van der Waals surface area (Å²) in [5, 5.41) is 3.26. The Hall–Kier alpha value is -1.76. The zero-order valence-electron chi connectivity index (χ0n) is 14.9.